The summed E-state index contributed by atoms with van der Waals surface area (Å²) >= 11 is 0. The van der Waals surface area contributed by atoms with Crippen molar-refractivity contribution in [2.45, 2.75) is 31.2 Å². The van der Waals surface area contributed by atoms with E-state index in [9.17, 15) is 18.4 Å². The van der Waals surface area contributed by atoms with Crippen molar-refractivity contribution in [3.8, 4) is 17.2 Å². The van der Waals surface area contributed by atoms with Crippen LogP contribution in [0.1, 0.15) is 29.6 Å². The zero-order chi connectivity index (χ0) is 22.0. The van der Waals surface area contributed by atoms with Crippen molar-refractivity contribution in [1.82, 2.24) is 14.9 Å². The highest BCUT2D eigenvalue weighted by molar-refractivity contribution is 7.59. The molecule has 1 atom stereocenters. The van der Waals surface area contributed by atoms with Crippen LogP contribution in [0.2, 0.25) is 0 Å². The number of hydrogen-bond donors (Lipinski definition) is 0. The molecule has 2 aromatic heterocycles. The SMILES string of the molecule is N#C[C@@H]1CC(F)(F)CN1C(=O)CCC(=O)c1ccnc2ccc(-c3cccnc3)cc12.S. The maximum absolute atomic E-state index is 13.6. The smallest absolute Gasteiger partial charge is 0.268 e. The van der Waals surface area contributed by atoms with E-state index in [2.05, 4.69) is 9.97 Å². The van der Waals surface area contributed by atoms with Crippen molar-refractivity contribution in [3.05, 3.63) is 60.6 Å². The van der Waals surface area contributed by atoms with E-state index in [-0.39, 0.29) is 32.1 Å². The Hall–Kier alpha value is -3.38. The van der Waals surface area contributed by atoms with Crippen LogP contribution in [0.4, 0.5) is 8.78 Å². The lowest BCUT2D eigenvalue weighted by atomic mass is 9.98. The number of likely N-dealkylation sites (tertiary alicyclic amines) is 1. The number of Topliss-reactive ketones (excluding diaryl/α,β-unsaturated/α-hetero) is 1. The van der Waals surface area contributed by atoms with E-state index < -0.39 is 30.8 Å². The van der Waals surface area contributed by atoms with E-state index in [0.717, 1.165) is 16.0 Å². The van der Waals surface area contributed by atoms with Crippen LogP contribution in [0.5, 0.6) is 0 Å². The van der Waals surface area contributed by atoms with Gasteiger partial charge in [-0.15, -0.1) is 0 Å². The zero-order valence-corrected chi connectivity index (χ0v) is 18.0. The number of ketones is 1. The number of amides is 1. The van der Waals surface area contributed by atoms with Gasteiger partial charge in [-0.1, -0.05) is 12.1 Å². The molecule has 1 saturated heterocycles. The summed E-state index contributed by atoms with van der Waals surface area (Å²) in [4.78, 5) is 34.6. The normalized spacial score (nSPS) is 16.9. The van der Waals surface area contributed by atoms with Gasteiger partial charge in [-0.2, -0.15) is 18.8 Å². The maximum Gasteiger partial charge on any atom is 0.268 e. The van der Waals surface area contributed by atoms with Crippen LogP contribution in [0, 0.1) is 11.3 Å². The van der Waals surface area contributed by atoms with Crippen LogP contribution in [0.3, 0.4) is 0 Å². The van der Waals surface area contributed by atoms with Gasteiger partial charge in [-0.3, -0.25) is 19.6 Å². The molecule has 4 rings (SSSR count). The fourth-order valence-corrected chi connectivity index (χ4v) is 3.80. The molecule has 0 bridgehead atoms. The molecule has 3 aromatic rings. The minimum atomic E-state index is -3.08. The average molecular weight is 455 g/mol. The fraction of sp³-hybridized carbons (Fsp3) is 0.261. The van der Waals surface area contributed by atoms with Gasteiger partial charge in [-0.25, -0.2) is 8.78 Å². The summed E-state index contributed by atoms with van der Waals surface area (Å²) < 4.78 is 27.2. The third kappa shape index (κ3) is 4.75. The molecule has 0 N–H and O–H groups in total. The first kappa shape index (κ1) is 23.3. The van der Waals surface area contributed by atoms with E-state index in [4.69, 9.17) is 5.26 Å². The number of rotatable bonds is 5. The molecule has 0 spiro atoms. The lowest BCUT2D eigenvalue weighted by Gasteiger charge is -2.18. The van der Waals surface area contributed by atoms with Crippen molar-refractivity contribution in [2.24, 2.45) is 0 Å². The summed E-state index contributed by atoms with van der Waals surface area (Å²) in [7, 11) is 0. The first-order valence-corrected chi connectivity index (χ1v) is 9.77. The van der Waals surface area contributed by atoms with Crippen LogP contribution in [0.15, 0.2) is 55.0 Å². The van der Waals surface area contributed by atoms with Crippen molar-refractivity contribution < 1.29 is 18.4 Å². The molecule has 1 amide bonds. The number of fused-ring (bicyclic) bond motifs is 1. The lowest BCUT2D eigenvalue weighted by molar-refractivity contribution is -0.132. The molecule has 9 heteroatoms. The molecule has 1 aromatic carbocycles. The number of halogens is 2. The van der Waals surface area contributed by atoms with Gasteiger partial charge in [0.25, 0.3) is 5.92 Å². The van der Waals surface area contributed by atoms with E-state index in [1.165, 1.54) is 6.20 Å². The molecule has 32 heavy (non-hydrogen) atoms. The summed E-state index contributed by atoms with van der Waals surface area (Å²) in [6.07, 6.45) is 3.86. The van der Waals surface area contributed by atoms with Gasteiger partial charge in [0.1, 0.15) is 6.04 Å². The predicted octanol–water partition coefficient (Wildman–Crippen LogP) is 4.13. The molecule has 1 fully saturated rings. The number of nitrogens with zero attached hydrogens (tertiary/aromatic N) is 4. The second kappa shape index (κ2) is 9.40. The quantitative estimate of drug-likeness (QED) is 0.541. The molecule has 6 nitrogen and oxygen atoms in total. The first-order chi connectivity index (χ1) is 14.9. The predicted molar refractivity (Wildman–Crippen MR) is 120 cm³/mol. The Balaban J connectivity index is 0.00000289. The number of carbonyl (C=O) groups excluding carboxylic acids is 2. The Morgan fingerprint density at radius 2 is 1.97 bits per heavy atom. The van der Waals surface area contributed by atoms with Crippen molar-refractivity contribution in [3.63, 3.8) is 0 Å². The second-order valence-electron chi connectivity index (χ2n) is 7.48. The van der Waals surface area contributed by atoms with E-state index in [1.54, 1.807) is 24.5 Å². The molecule has 1 aliphatic rings. The van der Waals surface area contributed by atoms with E-state index >= 15 is 0 Å². The monoisotopic (exact) mass is 454 g/mol. The number of alkyl halides is 2. The number of nitriles is 1. The Kier molecular flexibility index (Phi) is 6.84. The minimum absolute atomic E-state index is 0. The number of benzene rings is 1. The van der Waals surface area contributed by atoms with Crippen LogP contribution in [-0.2, 0) is 4.79 Å². The van der Waals surface area contributed by atoms with Crippen LogP contribution in [-0.4, -0.2) is 45.1 Å². The van der Waals surface area contributed by atoms with E-state index in [0.29, 0.717) is 16.5 Å². The fourth-order valence-electron chi connectivity index (χ4n) is 3.80. The van der Waals surface area contributed by atoms with Gasteiger partial charge in [-0.05, 0) is 29.8 Å². The van der Waals surface area contributed by atoms with Crippen LogP contribution < -0.4 is 0 Å². The molecule has 0 radical (unpaired) electrons. The Labute approximate surface area is 190 Å². The highest BCUT2D eigenvalue weighted by Gasteiger charge is 2.47. The Morgan fingerprint density at radius 3 is 2.69 bits per heavy atom. The van der Waals surface area contributed by atoms with Crippen molar-refractivity contribution >= 4 is 36.1 Å². The van der Waals surface area contributed by atoms with Crippen LogP contribution in [0.25, 0.3) is 22.0 Å². The maximum atomic E-state index is 13.6. The minimum Gasteiger partial charge on any atom is -0.320 e. The molecule has 1 aliphatic heterocycles. The summed E-state index contributed by atoms with van der Waals surface area (Å²) in [6, 6.07) is 11.4. The van der Waals surface area contributed by atoms with Crippen LogP contribution >= 0.6 is 13.5 Å². The number of carbonyl (C=O) groups is 2. The van der Waals surface area contributed by atoms with Gasteiger partial charge in [0.2, 0.25) is 5.91 Å². The third-order valence-electron chi connectivity index (χ3n) is 5.34. The largest absolute Gasteiger partial charge is 0.320 e. The number of pyridine rings is 2. The molecular formula is C23H20F2N4O2S. The average Bonchev–Trinajstić information content (AvgIpc) is 3.11. The molecular weight excluding hydrogens is 434 g/mol. The molecule has 164 valence electrons. The van der Waals surface area contributed by atoms with Gasteiger partial charge in [0.05, 0.1) is 18.1 Å². The molecule has 0 aliphatic carbocycles. The summed E-state index contributed by atoms with van der Waals surface area (Å²) in [5.41, 5.74) is 2.80. The third-order valence-corrected chi connectivity index (χ3v) is 5.34. The summed E-state index contributed by atoms with van der Waals surface area (Å²) in [5, 5.41) is 9.70. The van der Waals surface area contributed by atoms with Gasteiger partial charge < -0.3 is 4.90 Å². The van der Waals surface area contributed by atoms with Gasteiger partial charge >= 0.3 is 0 Å². The van der Waals surface area contributed by atoms with E-state index in [1.807, 2.05) is 30.3 Å². The second-order valence-corrected chi connectivity index (χ2v) is 7.48. The Bertz CT molecular complexity index is 1200. The van der Waals surface area contributed by atoms with Gasteiger partial charge in [0, 0.05) is 54.4 Å². The highest BCUT2D eigenvalue weighted by Crippen LogP contribution is 2.32. The van der Waals surface area contributed by atoms with Gasteiger partial charge in [0.15, 0.2) is 5.78 Å². The Morgan fingerprint density at radius 1 is 1.16 bits per heavy atom. The summed E-state index contributed by atoms with van der Waals surface area (Å²) in [5.74, 6) is -3.99. The topological polar surface area (TPSA) is 87.0 Å². The molecule has 0 unspecified atom stereocenters. The lowest BCUT2D eigenvalue weighted by Crippen LogP contribution is -2.36. The molecule has 0 saturated carbocycles. The number of hydrogen-bond acceptors (Lipinski definition) is 5. The summed E-state index contributed by atoms with van der Waals surface area (Å²) in [6.45, 7) is -0.787. The first-order valence-electron chi connectivity index (χ1n) is 9.77. The van der Waals surface area contributed by atoms with Crippen molar-refractivity contribution in [2.75, 3.05) is 6.54 Å². The molecule has 3 heterocycles. The number of aromatic nitrogens is 2. The highest BCUT2D eigenvalue weighted by atomic mass is 32.1. The van der Waals surface area contributed by atoms with Crippen molar-refractivity contribution in [1.29, 1.82) is 5.26 Å². The zero-order valence-electron chi connectivity index (χ0n) is 17.0. The standard InChI is InChI=1S/C23H18F2N4O2.H2S/c24-23(25)11-17(12-26)29(14-23)22(31)6-5-21(30)18-7-9-28-20-4-3-15(10-19(18)20)16-2-1-8-27-13-16;/h1-4,7-10,13,17H,5-6,11,14H2;1H2/t17-;/m0./s1.